The molecule has 0 bridgehead atoms. The molecule has 0 rings (SSSR count). The Morgan fingerprint density at radius 1 is 0.404 bits per heavy atom. The van der Waals surface area contributed by atoms with Crippen molar-refractivity contribution in [1.82, 2.24) is 0 Å². The molecule has 0 spiro atoms. The van der Waals surface area contributed by atoms with Crippen LogP contribution in [0.25, 0.3) is 0 Å². The molecule has 0 aromatic carbocycles. The second-order valence-electron chi connectivity index (χ2n) is 8.46. The van der Waals surface area contributed by atoms with Crippen molar-refractivity contribution >= 4 is 130 Å². The number of aliphatic hydroxyl groups is 2. The van der Waals surface area contributed by atoms with E-state index in [0.29, 0.717) is 51.1 Å². The summed E-state index contributed by atoms with van der Waals surface area (Å²) in [7, 11) is 0. The Balaban J connectivity index is 3.19. The predicted molar refractivity (Wildman–Crippen MR) is 218 cm³/mol. The van der Waals surface area contributed by atoms with E-state index in [1.807, 2.05) is 23.5 Å². The summed E-state index contributed by atoms with van der Waals surface area (Å²) in [6.45, 7) is 2.14. The molecular weight excluding hydrogens is 805 g/mol. The molecule has 0 saturated carbocycles. The van der Waals surface area contributed by atoms with Crippen LogP contribution in [-0.4, -0.2) is 145 Å². The van der Waals surface area contributed by atoms with Gasteiger partial charge in [-0.25, -0.2) is 19.6 Å². The van der Waals surface area contributed by atoms with Crippen molar-refractivity contribution in [3.05, 3.63) is 0 Å². The third-order valence-corrected chi connectivity index (χ3v) is 15.2. The molecule has 0 radical (unpaired) electrons. The van der Waals surface area contributed by atoms with Crippen LogP contribution in [0.3, 0.4) is 0 Å². The van der Waals surface area contributed by atoms with E-state index in [4.69, 9.17) is 39.2 Å². The van der Waals surface area contributed by atoms with Gasteiger partial charge in [0.05, 0.1) is 44.5 Å². The second-order valence-corrected chi connectivity index (χ2v) is 20.4. The number of esters is 2. The summed E-state index contributed by atoms with van der Waals surface area (Å²) >= 11 is 16.8. The van der Waals surface area contributed by atoms with Gasteiger partial charge in [0, 0.05) is 61.3 Å². The normalized spacial score (nSPS) is 11.3. The van der Waals surface area contributed by atoms with Crippen LogP contribution >= 0.6 is 118 Å². The zero-order valence-corrected chi connectivity index (χ0v) is 35.1. The van der Waals surface area contributed by atoms with Crippen LogP contribution in [0, 0.1) is 0 Å². The highest BCUT2D eigenvalue weighted by molar-refractivity contribution is 8.16. The minimum Gasteiger partial charge on any atom is -0.465 e. The van der Waals surface area contributed by atoms with Gasteiger partial charge in [0.1, 0.15) is 18.5 Å². The maximum atomic E-state index is 11.9. The van der Waals surface area contributed by atoms with Crippen LogP contribution in [0.5, 0.6) is 0 Å². The van der Waals surface area contributed by atoms with E-state index in [2.05, 4.69) is 0 Å². The summed E-state index contributed by atoms with van der Waals surface area (Å²) in [5.74, 6) is 9.62. The molecule has 0 aliphatic carbocycles. The number of hydrogen-bond donors (Lipinski definition) is 2. The summed E-state index contributed by atoms with van der Waals surface area (Å²) < 4.78 is 10.5. The minimum absolute atomic E-state index is 0.131. The van der Waals surface area contributed by atoms with E-state index < -0.39 is 0 Å². The number of rotatable bonds is 40. The molecule has 0 heterocycles. The van der Waals surface area contributed by atoms with Crippen LogP contribution in [0.2, 0.25) is 0 Å². The lowest BCUT2D eigenvalue weighted by atomic mass is 10.5. The van der Waals surface area contributed by atoms with Crippen LogP contribution in [0.15, 0.2) is 0 Å². The highest BCUT2D eigenvalue weighted by Crippen LogP contribution is 2.16. The molecule has 280 valence electrons. The maximum absolute atomic E-state index is 11.9. The van der Waals surface area contributed by atoms with Crippen LogP contribution in [-0.2, 0) is 38.6 Å². The van der Waals surface area contributed by atoms with Crippen molar-refractivity contribution in [1.29, 1.82) is 0 Å². The van der Waals surface area contributed by atoms with Crippen LogP contribution in [0.1, 0.15) is 25.7 Å². The van der Waals surface area contributed by atoms with Crippen LogP contribution < -0.4 is 0 Å². The number of aliphatic hydroxyl groups excluding tert-OH is 2. The van der Waals surface area contributed by atoms with Gasteiger partial charge in [0.15, 0.2) is 0 Å². The van der Waals surface area contributed by atoms with Crippen molar-refractivity contribution in [2.75, 3.05) is 123 Å². The highest BCUT2D eigenvalue weighted by Gasteiger charge is 2.04. The summed E-state index contributed by atoms with van der Waals surface area (Å²) in [6, 6.07) is 0. The van der Waals surface area contributed by atoms with E-state index in [1.54, 1.807) is 70.6 Å². The third kappa shape index (κ3) is 44.3. The van der Waals surface area contributed by atoms with Crippen molar-refractivity contribution in [2.24, 2.45) is 0 Å². The van der Waals surface area contributed by atoms with E-state index in [1.165, 1.54) is 23.5 Å². The Morgan fingerprint density at radius 3 is 1.45 bits per heavy atom. The average molecular weight is 857 g/mol. The number of hydrogen-bond acceptors (Lipinski definition) is 20. The molecule has 10 nitrogen and oxygen atoms in total. The number of carbonyl (C=O) groups is 2. The summed E-state index contributed by atoms with van der Waals surface area (Å²) in [6.07, 6.45) is 2.71. The van der Waals surface area contributed by atoms with Gasteiger partial charge in [-0.2, -0.15) is 47.0 Å². The summed E-state index contributed by atoms with van der Waals surface area (Å²) in [4.78, 5) is 44.2. The lowest BCUT2D eigenvalue weighted by Crippen LogP contribution is -2.08. The van der Waals surface area contributed by atoms with Gasteiger partial charge in [0.2, 0.25) is 0 Å². The largest absolute Gasteiger partial charge is 0.465 e. The molecule has 0 aliphatic heterocycles. The van der Waals surface area contributed by atoms with Crippen molar-refractivity contribution < 1.29 is 48.8 Å². The standard InChI is InChI=1S/C27H52O10S10/c28-19-38-15-17-40-21-33-27(31)4-12-45-24-42-9-1-5-34-36-8-14-47-25-46-13-7-32-26(30)3-11-44-23-43-10-2-6-35-37-22-41-18-16-39-20-29/h28-29H,1-25H2. The average Bonchev–Trinajstić information content (AvgIpc) is 3.07. The summed E-state index contributed by atoms with van der Waals surface area (Å²) in [5, 5.41) is 20.2. The molecule has 0 unspecified atom stereocenters. The molecule has 47 heavy (non-hydrogen) atoms. The Labute approximate surface area is 324 Å². The van der Waals surface area contributed by atoms with E-state index in [-0.39, 0.29) is 23.8 Å². The topological polar surface area (TPSA) is 130 Å². The SMILES string of the molecule is O=C(CCSCSCCCOOCSCCSCO)OCCSCSCCOOCCCSCSCCC(=O)OCSCCSCO. The van der Waals surface area contributed by atoms with Crippen molar-refractivity contribution in [2.45, 2.75) is 25.7 Å². The molecule has 0 aliphatic rings. The van der Waals surface area contributed by atoms with E-state index in [9.17, 15) is 9.59 Å². The first-order valence-corrected chi connectivity index (χ1v) is 26.5. The van der Waals surface area contributed by atoms with Gasteiger partial charge in [-0.3, -0.25) is 9.59 Å². The first-order valence-electron chi connectivity index (χ1n) is 15.0. The van der Waals surface area contributed by atoms with E-state index >= 15 is 0 Å². The number of ether oxygens (including phenoxy) is 2. The fourth-order valence-corrected chi connectivity index (χ4v) is 11.2. The quantitative estimate of drug-likeness (QED) is 0.0227. The van der Waals surface area contributed by atoms with Gasteiger partial charge in [0.25, 0.3) is 0 Å². The molecule has 0 aromatic rings. The number of thioether (sulfide) groups is 10. The molecule has 0 atom stereocenters. The Hall–Kier alpha value is 2.20. The fourth-order valence-electron chi connectivity index (χ4n) is 2.57. The second kappa shape index (κ2) is 44.4. The molecule has 0 aromatic heterocycles. The Kier molecular flexibility index (Phi) is 46.4. The lowest BCUT2D eigenvalue weighted by molar-refractivity contribution is -0.289. The first-order chi connectivity index (χ1) is 23.2. The molecule has 0 fully saturated rings. The smallest absolute Gasteiger partial charge is 0.307 e. The van der Waals surface area contributed by atoms with E-state index in [0.717, 1.165) is 85.6 Å². The van der Waals surface area contributed by atoms with Gasteiger partial charge in [-0.05, 0) is 24.3 Å². The maximum Gasteiger partial charge on any atom is 0.307 e. The fraction of sp³-hybridized carbons (Fsp3) is 0.926. The molecule has 2 N–H and O–H groups in total. The molecule has 0 amide bonds. The Bertz CT molecular complexity index is 665. The van der Waals surface area contributed by atoms with Crippen molar-refractivity contribution in [3.8, 4) is 0 Å². The third-order valence-electron chi connectivity index (χ3n) is 4.76. The van der Waals surface area contributed by atoms with Crippen molar-refractivity contribution in [3.63, 3.8) is 0 Å². The van der Waals surface area contributed by atoms with Gasteiger partial charge in [-0.15, -0.1) is 70.6 Å². The molecular formula is C27H52O10S10. The first kappa shape index (κ1) is 49.2. The molecule has 0 saturated heterocycles. The minimum atomic E-state index is -0.154. The molecule has 20 heteroatoms. The number of carbonyl (C=O) groups excluding carboxylic acids is 2. The van der Waals surface area contributed by atoms with Gasteiger partial charge >= 0.3 is 11.9 Å². The van der Waals surface area contributed by atoms with Gasteiger partial charge in [-0.1, -0.05) is 0 Å². The zero-order chi connectivity index (χ0) is 34.1. The highest BCUT2D eigenvalue weighted by atomic mass is 32.2. The lowest BCUT2D eigenvalue weighted by Gasteiger charge is -2.06. The Morgan fingerprint density at radius 2 is 0.851 bits per heavy atom. The predicted octanol–water partition coefficient (Wildman–Crippen LogP) is 6.55. The summed E-state index contributed by atoms with van der Waals surface area (Å²) in [5.41, 5.74) is 0. The van der Waals surface area contributed by atoms with Crippen LogP contribution in [0.4, 0.5) is 0 Å². The zero-order valence-electron chi connectivity index (χ0n) is 26.9. The monoisotopic (exact) mass is 856 g/mol. The van der Waals surface area contributed by atoms with Gasteiger partial charge < -0.3 is 19.7 Å².